The Morgan fingerprint density at radius 2 is 2.12 bits per heavy atom. The molecular weight excluding hydrogens is 226 g/mol. The summed E-state index contributed by atoms with van der Waals surface area (Å²) in [7, 11) is -1.24. The van der Waals surface area contributed by atoms with Gasteiger partial charge in [-0.1, -0.05) is 13.8 Å². The molecule has 1 aliphatic rings. The smallest absolute Gasteiger partial charge is 0.215 e. The molecule has 0 aromatic heterocycles. The molecular formula is C10H23N3O2S. The fourth-order valence-electron chi connectivity index (χ4n) is 1.63. The van der Waals surface area contributed by atoms with E-state index in [1.165, 1.54) is 0 Å². The average Bonchev–Trinajstić information content (AvgIpc) is 2.63. The summed E-state index contributed by atoms with van der Waals surface area (Å²) in [5.41, 5.74) is 5.39. The van der Waals surface area contributed by atoms with Gasteiger partial charge in [0.15, 0.2) is 0 Å². The minimum absolute atomic E-state index is 0.183. The topological polar surface area (TPSA) is 75.4 Å². The molecule has 0 bridgehead atoms. The van der Waals surface area contributed by atoms with Crippen molar-refractivity contribution in [1.29, 1.82) is 0 Å². The Balaban J connectivity index is 2.53. The predicted octanol–water partition coefficient (Wildman–Crippen LogP) is -0.405. The SMILES string of the molecule is CN1CCC(S(=O)(=O)NCC(C)(C)CN)C1. The van der Waals surface area contributed by atoms with Crippen LogP contribution in [0.15, 0.2) is 0 Å². The Hall–Kier alpha value is -0.170. The number of nitrogens with two attached hydrogens (primary N) is 1. The van der Waals surface area contributed by atoms with E-state index in [1.54, 1.807) is 0 Å². The van der Waals surface area contributed by atoms with Crippen LogP contribution in [0.3, 0.4) is 0 Å². The van der Waals surface area contributed by atoms with E-state index >= 15 is 0 Å². The number of nitrogens with one attached hydrogen (secondary N) is 1. The van der Waals surface area contributed by atoms with Crippen LogP contribution in [0.5, 0.6) is 0 Å². The van der Waals surface area contributed by atoms with E-state index < -0.39 is 10.0 Å². The number of sulfonamides is 1. The minimum atomic E-state index is -3.18. The van der Waals surface area contributed by atoms with Gasteiger partial charge < -0.3 is 10.6 Å². The van der Waals surface area contributed by atoms with Crippen LogP contribution < -0.4 is 10.5 Å². The van der Waals surface area contributed by atoms with Crippen molar-refractivity contribution in [3.05, 3.63) is 0 Å². The van der Waals surface area contributed by atoms with Crippen LogP contribution in [-0.2, 0) is 10.0 Å². The van der Waals surface area contributed by atoms with Gasteiger partial charge in [-0.3, -0.25) is 0 Å². The zero-order chi connectivity index (χ0) is 12.4. The first-order valence-corrected chi connectivity index (χ1v) is 7.18. The second-order valence-corrected chi connectivity index (χ2v) is 7.45. The van der Waals surface area contributed by atoms with E-state index in [9.17, 15) is 8.42 Å². The Labute approximate surface area is 98.4 Å². The molecule has 1 heterocycles. The highest BCUT2D eigenvalue weighted by molar-refractivity contribution is 7.90. The lowest BCUT2D eigenvalue weighted by molar-refractivity contribution is 0.374. The first-order valence-electron chi connectivity index (χ1n) is 5.64. The summed E-state index contributed by atoms with van der Waals surface area (Å²) in [5.74, 6) is 0. The van der Waals surface area contributed by atoms with Gasteiger partial charge in [-0.05, 0) is 32.0 Å². The first-order chi connectivity index (χ1) is 7.27. The summed E-state index contributed by atoms with van der Waals surface area (Å²) < 4.78 is 26.6. The quantitative estimate of drug-likeness (QED) is 0.695. The molecule has 3 N–H and O–H groups in total. The number of nitrogens with zero attached hydrogens (tertiary/aromatic N) is 1. The fourth-order valence-corrected chi connectivity index (χ4v) is 3.33. The molecule has 6 heteroatoms. The van der Waals surface area contributed by atoms with Gasteiger partial charge in [0.25, 0.3) is 0 Å². The zero-order valence-electron chi connectivity index (χ0n) is 10.4. The summed E-state index contributed by atoms with van der Waals surface area (Å²) in [6.07, 6.45) is 0.717. The monoisotopic (exact) mass is 249 g/mol. The highest BCUT2D eigenvalue weighted by Gasteiger charge is 2.32. The fraction of sp³-hybridized carbons (Fsp3) is 1.00. The molecule has 1 aliphatic heterocycles. The Bertz CT molecular complexity index is 327. The molecule has 0 saturated carbocycles. The van der Waals surface area contributed by atoms with Crippen molar-refractivity contribution < 1.29 is 8.42 Å². The van der Waals surface area contributed by atoms with E-state index in [0.29, 0.717) is 19.6 Å². The maximum Gasteiger partial charge on any atom is 0.215 e. The average molecular weight is 249 g/mol. The number of hydrogen-bond donors (Lipinski definition) is 2. The van der Waals surface area contributed by atoms with Gasteiger partial charge in [0, 0.05) is 13.1 Å². The molecule has 5 nitrogen and oxygen atoms in total. The number of rotatable bonds is 5. The van der Waals surface area contributed by atoms with Gasteiger partial charge in [0.1, 0.15) is 0 Å². The number of likely N-dealkylation sites (tertiary alicyclic amines) is 1. The Morgan fingerprint density at radius 3 is 2.56 bits per heavy atom. The van der Waals surface area contributed by atoms with Crippen molar-refractivity contribution >= 4 is 10.0 Å². The third-order valence-corrected chi connectivity index (χ3v) is 4.90. The Kier molecular flexibility index (Phi) is 4.34. The standard InChI is InChI=1S/C10H23N3O2S/c1-10(2,7-11)8-12-16(14,15)9-4-5-13(3)6-9/h9,12H,4-8,11H2,1-3H3. The maximum absolute atomic E-state index is 12.0. The van der Waals surface area contributed by atoms with Gasteiger partial charge in [-0.15, -0.1) is 0 Å². The van der Waals surface area contributed by atoms with Gasteiger partial charge in [0.05, 0.1) is 5.25 Å². The summed E-state index contributed by atoms with van der Waals surface area (Å²) in [6, 6.07) is 0. The van der Waals surface area contributed by atoms with Crippen LogP contribution in [0.1, 0.15) is 20.3 Å². The molecule has 0 amide bonds. The predicted molar refractivity (Wildman–Crippen MR) is 65.7 cm³/mol. The van der Waals surface area contributed by atoms with Gasteiger partial charge in [0.2, 0.25) is 10.0 Å². The molecule has 1 atom stereocenters. The summed E-state index contributed by atoms with van der Waals surface area (Å²) in [4.78, 5) is 2.04. The van der Waals surface area contributed by atoms with E-state index in [-0.39, 0.29) is 10.7 Å². The molecule has 1 rings (SSSR count). The number of hydrogen-bond acceptors (Lipinski definition) is 4. The highest BCUT2D eigenvalue weighted by atomic mass is 32.2. The van der Waals surface area contributed by atoms with Crippen molar-refractivity contribution in [2.75, 3.05) is 33.2 Å². The van der Waals surface area contributed by atoms with E-state index in [2.05, 4.69) is 4.72 Å². The second-order valence-electron chi connectivity index (χ2n) is 5.41. The van der Waals surface area contributed by atoms with Crippen molar-refractivity contribution in [2.45, 2.75) is 25.5 Å². The molecule has 96 valence electrons. The molecule has 0 aromatic rings. The molecule has 0 aliphatic carbocycles. The lowest BCUT2D eigenvalue weighted by Crippen LogP contribution is -2.43. The minimum Gasteiger partial charge on any atom is -0.330 e. The van der Waals surface area contributed by atoms with Crippen LogP contribution >= 0.6 is 0 Å². The van der Waals surface area contributed by atoms with E-state index in [4.69, 9.17) is 5.73 Å². The third-order valence-electron chi connectivity index (χ3n) is 3.09. The zero-order valence-corrected chi connectivity index (χ0v) is 11.2. The molecule has 0 aromatic carbocycles. The van der Waals surface area contributed by atoms with Crippen molar-refractivity contribution in [3.63, 3.8) is 0 Å². The van der Waals surface area contributed by atoms with Crippen LogP contribution in [0.25, 0.3) is 0 Å². The highest BCUT2D eigenvalue weighted by Crippen LogP contribution is 2.16. The Morgan fingerprint density at radius 1 is 1.50 bits per heavy atom. The summed E-state index contributed by atoms with van der Waals surface area (Å²) in [5, 5.41) is -0.272. The third kappa shape index (κ3) is 3.69. The molecule has 1 fully saturated rings. The summed E-state index contributed by atoms with van der Waals surface area (Å²) >= 11 is 0. The van der Waals surface area contributed by atoms with Crippen LogP contribution in [0.2, 0.25) is 0 Å². The largest absolute Gasteiger partial charge is 0.330 e. The van der Waals surface area contributed by atoms with Crippen molar-refractivity contribution in [3.8, 4) is 0 Å². The van der Waals surface area contributed by atoms with Gasteiger partial charge >= 0.3 is 0 Å². The lowest BCUT2D eigenvalue weighted by atomic mass is 9.95. The van der Waals surface area contributed by atoms with Crippen LogP contribution in [0.4, 0.5) is 0 Å². The van der Waals surface area contributed by atoms with Crippen LogP contribution in [-0.4, -0.2) is 51.8 Å². The molecule has 1 saturated heterocycles. The lowest BCUT2D eigenvalue weighted by Gasteiger charge is -2.23. The van der Waals surface area contributed by atoms with Crippen molar-refractivity contribution in [2.24, 2.45) is 11.1 Å². The second kappa shape index (κ2) is 5.00. The maximum atomic E-state index is 12.0. The molecule has 1 unspecified atom stereocenters. The van der Waals surface area contributed by atoms with Crippen LogP contribution in [0, 0.1) is 5.41 Å². The van der Waals surface area contributed by atoms with Crippen molar-refractivity contribution in [1.82, 2.24) is 9.62 Å². The molecule has 0 spiro atoms. The normalized spacial score (nSPS) is 23.9. The van der Waals surface area contributed by atoms with E-state index in [0.717, 1.165) is 13.0 Å². The van der Waals surface area contributed by atoms with Gasteiger partial charge in [-0.2, -0.15) is 0 Å². The van der Waals surface area contributed by atoms with Gasteiger partial charge in [-0.25, -0.2) is 13.1 Å². The molecule has 16 heavy (non-hydrogen) atoms. The molecule has 0 radical (unpaired) electrons. The summed E-state index contributed by atoms with van der Waals surface area (Å²) in [6.45, 7) is 6.27. The first kappa shape index (κ1) is 13.9. The van der Waals surface area contributed by atoms with E-state index in [1.807, 2.05) is 25.8 Å².